The number of hydrogen-bond acceptors (Lipinski definition) is 3. The van der Waals surface area contributed by atoms with Gasteiger partial charge >= 0.3 is 5.97 Å². The first kappa shape index (κ1) is 17.7. The fourth-order valence-electron chi connectivity index (χ4n) is 4.24. The predicted octanol–water partition coefficient (Wildman–Crippen LogP) is 5.40. The van der Waals surface area contributed by atoms with Gasteiger partial charge in [-0.25, -0.2) is 4.79 Å². The molecule has 0 spiro atoms. The van der Waals surface area contributed by atoms with E-state index in [1.54, 1.807) is 0 Å². The van der Waals surface area contributed by atoms with Gasteiger partial charge < -0.3 is 14.5 Å². The molecule has 0 bridgehead atoms. The molecule has 2 heterocycles. The lowest BCUT2D eigenvalue weighted by molar-refractivity contribution is 0.0601. The van der Waals surface area contributed by atoms with E-state index in [-0.39, 0.29) is 5.97 Å². The number of carbonyl (C=O) groups excluding carboxylic acids is 1. The third-order valence-corrected chi connectivity index (χ3v) is 5.72. The molecule has 1 aromatic heterocycles. The Labute approximate surface area is 159 Å². The Bertz CT molecular complexity index is 959. The first-order valence-electron chi connectivity index (χ1n) is 9.62. The largest absolute Gasteiger partial charge is 0.493 e. The maximum Gasteiger partial charge on any atom is 0.337 e. The molecule has 2 aromatic carbocycles. The molecule has 0 amide bonds. The maximum absolute atomic E-state index is 11.9. The highest BCUT2D eigenvalue weighted by Gasteiger charge is 2.26. The first-order valence-corrected chi connectivity index (χ1v) is 9.62. The van der Waals surface area contributed by atoms with Crippen LogP contribution in [-0.2, 0) is 4.74 Å². The molecule has 1 N–H and O–H groups in total. The Morgan fingerprint density at radius 3 is 2.96 bits per heavy atom. The van der Waals surface area contributed by atoms with Crippen molar-refractivity contribution in [2.24, 2.45) is 0 Å². The van der Waals surface area contributed by atoms with Gasteiger partial charge in [0.2, 0.25) is 0 Å². The van der Waals surface area contributed by atoms with Crippen LogP contribution in [0.2, 0.25) is 0 Å². The van der Waals surface area contributed by atoms with E-state index in [1.165, 1.54) is 18.2 Å². The molecule has 0 saturated heterocycles. The summed E-state index contributed by atoms with van der Waals surface area (Å²) in [5, 5.41) is 1.12. The van der Waals surface area contributed by atoms with Crippen molar-refractivity contribution in [2.75, 3.05) is 13.7 Å². The minimum Gasteiger partial charge on any atom is -0.493 e. The number of fused-ring (bicyclic) bond motifs is 2. The van der Waals surface area contributed by atoms with Gasteiger partial charge in [-0.3, -0.25) is 0 Å². The number of hydrogen-bond donors (Lipinski definition) is 1. The Balaban J connectivity index is 1.66. The van der Waals surface area contributed by atoms with Gasteiger partial charge in [0.25, 0.3) is 0 Å². The highest BCUT2D eigenvalue weighted by molar-refractivity contribution is 5.95. The summed E-state index contributed by atoms with van der Waals surface area (Å²) in [4.78, 5) is 15.3. The maximum atomic E-state index is 11.9. The smallest absolute Gasteiger partial charge is 0.337 e. The SMILES string of the molecule is CCC(CC1CCOc2ccccc21)c1c[nH]c2ccc(C(=O)OC)cc12. The molecule has 2 unspecified atom stereocenters. The van der Waals surface area contributed by atoms with Crippen molar-refractivity contribution in [3.8, 4) is 5.75 Å². The summed E-state index contributed by atoms with van der Waals surface area (Å²) >= 11 is 0. The van der Waals surface area contributed by atoms with Crippen LogP contribution in [0.25, 0.3) is 10.9 Å². The average Bonchev–Trinajstić information content (AvgIpc) is 3.14. The number of aromatic amines is 1. The van der Waals surface area contributed by atoms with E-state index in [9.17, 15) is 4.79 Å². The second-order valence-corrected chi connectivity index (χ2v) is 7.21. The molecule has 0 aliphatic carbocycles. The van der Waals surface area contributed by atoms with Gasteiger partial charge in [-0.1, -0.05) is 25.1 Å². The van der Waals surface area contributed by atoms with Crippen molar-refractivity contribution in [1.29, 1.82) is 0 Å². The van der Waals surface area contributed by atoms with E-state index in [0.29, 0.717) is 17.4 Å². The van der Waals surface area contributed by atoms with Crippen LogP contribution in [0, 0.1) is 0 Å². The van der Waals surface area contributed by atoms with Gasteiger partial charge in [0.05, 0.1) is 19.3 Å². The molecule has 1 aliphatic heterocycles. The van der Waals surface area contributed by atoms with Crippen molar-refractivity contribution in [1.82, 2.24) is 4.98 Å². The summed E-state index contributed by atoms with van der Waals surface area (Å²) in [6.07, 6.45) is 5.27. The minimum atomic E-state index is -0.296. The zero-order valence-corrected chi connectivity index (χ0v) is 15.8. The number of esters is 1. The van der Waals surface area contributed by atoms with Gasteiger partial charge in [0, 0.05) is 17.1 Å². The first-order chi connectivity index (χ1) is 13.2. The van der Waals surface area contributed by atoms with Crippen molar-refractivity contribution >= 4 is 16.9 Å². The zero-order valence-electron chi connectivity index (χ0n) is 15.8. The number of para-hydroxylation sites is 1. The number of rotatable bonds is 5. The molecule has 4 rings (SSSR count). The number of methoxy groups -OCH3 is 1. The molecule has 0 radical (unpaired) electrons. The van der Waals surface area contributed by atoms with E-state index < -0.39 is 0 Å². The van der Waals surface area contributed by atoms with Crippen LogP contribution in [0.15, 0.2) is 48.7 Å². The lowest BCUT2D eigenvalue weighted by atomic mass is 9.81. The Kier molecular flexibility index (Phi) is 4.88. The average molecular weight is 363 g/mol. The summed E-state index contributed by atoms with van der Waals surface area (Å²) in [6.45, 7) is 3.01. The highest BCUT2D eigenvalue weighted by Crippen LogP contribution is 2.42. The number of ether oxygens (including phenoxy) is 2. The monoisotopic (exact) mass is 363 g/mol. The molecule has 2 atom stereocenters. The number of carbonyl (C=O) groups is 1. The highest BCUT2D eigenvalue weighted by atomic mass is 16.5. The van der Waals surface area contributed by atoms with Crippen LogP contribution < -0.4 is 4.74 Å². The molecule has 4 nitrogen and oxygen atoms in total. The summed E-state index contributed by atoms with van der Waals surface area (Å²) in [5.41, 5.74) is 4.25. The fourth-order valence-corrected chi connectivity index (χ4v) is 4.24. The number of nitrogens with one attached hydrogen (secondary N) is 1. The van der Waals surface area contributed by atoms with Crippen LogP contribution >= 0.6 is 0 Å². The van der Waals surface area contributed by atoms with E-state index in [4.69, 9.17) is 9.47 Å². The molecule has 140 valence electrons. The Morgan fingerprint density at radius 2 is 2.15 bits per heavy atom. The van der Waals surface area contributed by atoms with Crippen LogP contribution in [0.4, 0.5) is 0 Å². The van der Waals surface area contributed by atoms with Crippen molar-refractivity contribution in [3.05, 3.63) is 65.4 Å². The molecule has 3 aromatic rings. The van der Waals surface area contributed by atoms with E-state index in [2.05, 4.69) is 36.3 Å². The zero-order chi connectivity index (χ0) is 18.8. The topological polar surface area (TPSA) is 51.3 Å². The summed E-state index contributed by atoms with van der Waals surface area (Å²) < 4.78 is 10.7. The van der Waals surface area contributed by atoms with E-state index >= 15 is 0 Å². The molecule has 1 aliphatic rings. The van der Waals surface area contributed by atoms with Crippen molar-refractivity contribution < 1.29 is 14.3 Å². The quantitative estimate of drug-likeness (QED) is 0.617. The van der Waals surface area contributed by atoms with Crippen LogP contribution in [-0.4, -0.2) is 24.7 Å². The predicted molar refractivity (Wildman–Crippen MR) is 107 cm³/mol. The lowest BCUT2D eigenvalue weighted by Gasteiger charge is -2.28. The third-order valence-electron chi connectivity index (χ3n) is 5.72. The van der Waals surface area contributed by atoms with E-state index in [0.717, 1.165) is 42.5 Å². The number of H-pyrrole nitrogens is 1. The fraction of sp³-hybridized carbons (Fsp3) is 0.348. The molecule has 4 heteroatoms. The number of aromatic nitrogens is 1. The normalized spacial score (nSPS) is 17.2. The van der Waals surface area contributed by atoms with Crippen LogP contribution in [0.5, 0.6) is 5.75 Å². The molecule has 27 heavy (non-hydrogen) atoms. The second kappa shape index (κ2) is 7.47. The van der Waals surface area contributed by atoms with Crippen LogP contribution in [0.1, 0.15) is 59.5 Å². The summed E-state index contributed by atoms with van der Waals surface area (Å²) in [5.74, 6) is 1.64. The van der Waals surface area contributed by atoms with Crippen LogP contribution in [0.3, 0.4) is 0 Å². The van der Waals surface area contributed by atoms with Gasteiger partial charge in [-0.2, -0.15) is 0 Å². The summed E-state index contributed by atoms with van der Waals surface area (Å²) in [6, 6.07) is 14.1. The van der Waals surface area contributed by atoms with Gasteiger partial charge in [0.1, 0.15) is 5.75 Å². The summed E-state index contributed by atoms with van der Waals surface area (Å²) in [7, 11) is 1.42. The Morgan fingerprint density at radius 1 is 1.30 bits per heavy atom. The van der Waals surface area contributed by atoms with E-state index in [1.807, 2.05) is 24.3 Å². The molecular weight excluding hydrogens is 338 g/mol. The third kappa shape index (κ3) is 3.32. The van der Waals surface area contributed by atoms with Gasteiger partial charge in [-0.15, -0.1) is 0 Å². The number of benzene rings is 2. The van der Waals surface area contributed by atoms with Crippen molar-refractivity contribution in [2.45, 2.75) is 38.0 Å². The van der Waals surface area contributed by atoms with Gasteiger partial charge in [0.15, 0.2) is 0 Å². The standard InChI is InChI=1S/C23H25NO3/c1-3-15(12-16-10-11-27-22-7-5-4-6-18(16)22)20-14-24-21-9-8-17(13-19(20)21)23(25)26-2/h4-9,13-16,24H,3,10-12H2,1-2H3. The van der Waals surface area contributed by atoms with Crippen molar-refractivity contribution in [3.63, 3.8) is 0 Å². The second-order valence-electron chi connectivity index (χ2n) is 7.21. The molecular formula is C23H25NO3. The van der Waals surface area contributed by atoms with Gasteiger partial charge in [-0.05, 0) is 66.5 Å². The molecule has 0 fully saturated rings. The minimum absolute atomic E-state index is 0.296. The lowest BCUT2D eigenvalue weighted by Crippen LogP contribution is -2.16. The Hall–Kier alpha value is -2.75. The molecule has 0 saturated carbocycles.